The highest BCUT2D eigenvalue weighted by Crippen LogP contribution is 2.29. The summed E-state index contributed by atoms with van der Waals surface area (Å²) in [5, 5.41) is 11.1. The fourth-order valence-electron chi connectivity index (χ4n) is 2.35. The summed E-state index contributed by atoms with van der Waals surface area (Å²) in [5.41, 5.74) is 4.09. The van der Waals surface area contributed by atoms with E-state index >= 15 is 0 Å². The largest absolute Gasteiger partial charge is 0.487 e. The van der Waals surface area contributed by atoms with Crippen molar-refractivity contribution in [1.29, 1.82) is 0 Å². The molecule has 160 valence electrons. The highest BCUT2D eigenvalue weighted by Gasteiger charge is 2.25. The van der Waals surface area contributed by atoms with Crippen LogP contribution in [0.3, 0.4) is 0 Å². The van der Waals surface area contributed by atoms with Crippen molar-refractivity contribution < 1.29 is 42.2 Å². The molecule has 0 aliphatic carbocycles. The highest BCUT2D eigenvalue weighted by molar-refractivity contribution is 5.95. The van der Waals surface area contributed by atoms with Crippen LogP contribution in [0, 0.1) is 21.7 Å². The average Bonchev–Trinajstić information content (AvgIpc) is 2.72. The van der Waals surface area contributed by atoms with Gasteiger partial charge in [-0.3, -0.25) is 10.1 Å². The summed E-state index contributed by atoms with van der Waals surface area (Å²) in [6.45, 7) is -0.621. The molecule has 0 radical (unpaired) electrons. The van der Waals surface area contributed by atoms with Crippen LogP contribution in [-0.2, 0) is 9.47 Å². The van der Waals surface area contributed by atoms with Crippen LogP contribution in [0.25, 0.3) is 0 Å². The molecule has 0 aromatic heterocycles. The first-order valence-corrected chi connectivity index (χ1v) is 8.18. The molecule has 0 saturated heterocycles. The Kier molecular flexibility index (Phi) is 7.07. The van der Waals surface area contributed by atoms with Crippen molar-refractivity contribution in [2.45, 2.75) is 0 Å². The van der Waals surface area contributed by atoms with E-state index in [1.165, 1.54) is 0 Å². The van der Waals surface area contributed by atoms with Crippen LogP contribution in [0.15, 0.2) is 24.3 Å². The number of nitrogens with two attached hydrogens (primary N) is 1. The van der Waals surface area contributed by atoms with Gasteiger partial charge in [-0.25, -0.2) is 18.4 Å². The molecule has 0 aliphatic rings. The molecule has 2 rings (SSSR count). The number of nitro groups is 1. The van der Waals surface area contributed by atoms with Crippen LogP contribution >= 0.6 is 0 Å². The Morgan fingerprint density at radius 1 is 0.933 bits per heavy atom. The average molecular weight is 426 g/mol. The lowest BCUT2D eigenvalue weighted by molar-refractivity contribution is -0.385. The standard InChI is InChI=1S/C18H16F2N2O8/c1-27-17(23)9-5-11(19)15(7-13(9)21)29-3-4-30-16-8-14(22(25)26)10(6-12(16)20)18(24)28-2/h5-8H,3-4,21H2,1-2H3. The first-order valence-electron chi connectivity index (χ1n) is 8.18. The number of nitro benzene ring substituents is 1. The minimum Gasteiger partial charge on any atom is -0.487 e. The second-order valence-corrected chi connectivity index (χ2v) is 5.61. The van der Waals surface area contributed by atoms with Gasteiger partial charge < -0.3 is 24.7 Å². The number of rotatable bonds is 8. The fourth-order valence-corrected chi connectivity index (χ4v) is 2.35. The van der Waals surface area contributed by atoms with Crippen LogP contribution < -0.4 is 15.2 Å². The van der Waals surface area contributed by atoms with Crippen LogP contribution in [0.2, 0.25) is 0 Å². The number of ether oxygens (including phenoxy) is 4. The number of nitrogens with zero attached hydrogens (tertiary/aromatic N) is 1. The molecule has 0 amide bonds. The van der Waals surface area contributed by atoms with Crippen LogP contribution in [0.4, 0.5) is 20.2 Å². The molecule has 0 heterocycles. The normalized spacial score (nSPS) is 10.3. The zero-order chi connectivity index (χ0) is 22.4. The summed E-state index contributed by atoms with van der Waals surface area (Å²) in [6, 6.07) is 3.25. The maximum atomic E-state index is 14.1. The molecular formula is C18H16F2N2O8. The third-order valence-electron chi connectivity index (χ3n) is 3.76. The first kappa shape index (κ1) is 22.3. The topological polar surface area (TPSA) is 140 Å². The maximum absolute atomic E-state index is 14.1. The Balaban J connectivity index is 2.08. The van der Waals surface area contributed by atoms with E-state index in [0.29, 0.717) is 6.07 Å². The number of carbonyl (C=O) groups is 2. The molecule has 2 N–H and O–H groups in total. The molecule has 0 aliphatic heterocycles. The molecule has 0 atom stereocenters. The fraction of sp³-hybridized carbons (Fsp3) is 0.222. The Morgan fingerprint density at radius 3 is 1.90 bits per heavy atom. The van der Waals surface area contributed by atoms with Crippen LogP contribution in [0.1, 0.15) is 20.7 Å². The number of halogens is 2. The van der Waals surface area contributed by atoms with E-state index in [2.05, 4.69) is 9.47 Å². The summed E-state index contributed by atoms with van der Waals surface area (Å²) >= 11 is 0. The van der Waals surface area contributed by atoms with Crippen molar-refractivity contribution in [3.05, 3.63) is 57.1 Å². The highest BCUT2D eigenvalue weighted by atomic mass is 19.1. The SMILES string of the molecule is COC(=O)c1cc(F)c(OCCOc2cc([N+](=O)[O-])c(C(=O)OC)cc2F)cc1N. The molecule has 0 fully saturated rings. The van der Waals surface area contributed by atoms with Gasteiger partial charge in [0.2, 0.25) is 0 Å². The summed E-state index contributed by atoms with van der Waals surface area (Å²) in [6.07, 6.45) is 0. The van der Waals surface area contributed by atoms with Crippen molar-refractivity contribution in [3.8, 4) is 11.5 Å². The molecule has 0 saturated carbocycles. The van der Waals surface area contributed by atoms with E-state index in [-0.39, 0.29) is 30.2 Å². The van der Waals surface area contributed by atoms with Gasteiger partial charge in [-0.2, -0.15) is 0 Å². The summed E-state index contributed by atoms with van der Waals surface area (Å²) in [7, 11) is 2.11. The number of hydrogen-bond acceptors (Lipinski definition) is 9. The van der Waals surface area contributed by atoms with Gasteiger partial charge in [-0.05, 0) is 12.1 Å². The van der Waals surface area contributed by atoms with Gasteiger partial charge in [0.15, 0.2) is 23.1 Å². The van der Waals surface area contributed by atoms with E-state index < -0.39 is 45.5 Å². The van der Waals surface area contributed by atoms with Gasteiger partial charge >= 0.3 is 11.9 Å². The van der Waals surface area contributed by atoms with Gasteiger partial charge in [-0.15, -0.1) is 0 Å². The quantitative estimate of drug-likeness (QED) is 0.222. The van der Waals surface area contributed by atoms with Gasteiger partial charge in [-0.1, -0.05) is 0 Å². The zero-order valence-corrected chi connectivity index (χ0v) is 15.8. The lowest BCUT2D eigenvalue weighted by Gasteiger charge is -2.12. The van der Waals surface area contributed by atoms with E-state index in [4.69, 9.17) is 15.2 Å². The van der Waals surface area contributed by atoms with Gasteiger partial charge in [0, 0.05) is 6.07 Å². The Bertz CT molecular complexity index is 997. The van der Waals surface area contributed by atoms with E-state index in [1.807, 2.05) is 0 Å². The number of esters is 2. The Hall–Kier alpha value is -3.96. The number of anilines is 1. The third-order valence-corrected chi connectivity index (χ3v) is 3.76. The number of hydrogen-bond donors (Lipinski definition) is 1. The molecular weight excluding hydrogens is 410 g/mol. The molecule has 2 aromatic rings. The minimum absolute atomic E-state index is 0.0840. The first-order chi connectivity index (χ1) is 14.2. The minimum atomic E-state index is -1.08. The molecule has 30 heavy (non-hydrogen) atoms. The number of methoxy groups -OCH3 is 2. The van der Waals surface area contributed by atoms with Crippen molar-refractivity contribution in [2.75, 3.05) is 33.2 Å². The van der Waals surface area contributed by atoms with E-state index in [1.54, 1.807) is 0 Å². The maximum Gasteiger partial charge on any atom is 0.345 e. The predicted molar refractivity (Wildman–Crippen MR) is 97.5 cm³/mol. The molecule has 0 bridgehead atoms. The second-order valence-electron chi connectivity index (χ2n) is 5.61. The van der Waals surface area contributed by atoms with Crippen LogP contribution in [-0.4, -0.2) is 44.3 Å². The van der Waals surface area contributed by atoms with Gasteiger partial charge in [0.1, 0.15) is 18.8 Å². The summed E-state index contributed by atoms with van der Waals surface area (Å²) < 4.78 is 47.2. The van der Waals surface area contributed by atoms with E-state index in [0.717, 1.165) is 32.4 Å². The molecule has 0 spiro atoms. The summed E-state index contributed by atoms with van der Waals surface area (Å²) in [4.78, 5) is 33.2. The molecule has 10 nitrogen and oxygen atoms in total. The number of nitrogen functional groups attached to an aromatic ring is 1. The van der Waals surface area contributed by atoms with Crippen LogP contribution in [0.5, 0.6) is 11.5 Å². The lowest BCUT2D eigenvalue weighted by atomic mass is 10.1. The van der Waals surface area contributed by atoms with Crippen molar-refractivity contribution in [3.63, 3.8) is 0 Å². The Labute approximate surface area is 168 Å². The van der Waals surface area contributed by atoms with Crippen molar-refractivity contribution >= 4 is 23.3 Å². The summed E-state index contributed by atoms with van der Waals surface area (Å²) in [5.74, 6) is -4.66. The Morgan fingerprint density at radius 2 is 1.40 bits per heavy atom. The zero-order valence-electron chi connectivity index (χ0n) is 15.8. The predicted octanol–water partition coefficient (Wildman–Crippen LogP) is 2.49. The third kappa shape index (κ3) is 4.90. The van der Waals surface area contributed by atoms with Gasteiger partial charge in [0.05, 0.1) is 36.5 Å². The van der Waals surface area contributed by atoms with E-state index in [9.17, 15) is 28.5 Å². The number of benzene rings is 2. The van der Waals surface area contributed by atoms with Crippen molar-refractivity contribution in [2.24, 2.45) is 0 Å². The van der Waals surface area contributed by atoms with Crippen molar-refractivity contribution in [1.82, 2.24) is 0 Å². The number of carbonyl (C=O) groups excluding carboxylic acids is 2. The second kappa shape index (κ2) is 9.49. The molecule has 12 heteroatoms. The van der Waals surface area contributed by atoms with Gasteiger partial charge in [0.25, 0.3) is 5.69 Å². The lowest BCUT2D eigenvalue weighted by Crippen LogP contribution is -2.13. The molecule has 0 unspecified atom stereocenters. The molecule has 2 aromatic carbocycles. The monoisotopic (exact) mass is 426 g/mol. The smallest absolute Gasteiger partial charge is 0.345 e.